The summed E-state index contributed by atoms with van der Waals surface area (Å²) in [6.45, 7) is 0. The lowest BCUT2D eigenvalue weighted by atomic mass is 9.53. The van der Waals surface area contributed by atoms with Crippen molar-refractivity contribution in [2.75, 3.05) is 0 Å². The van der Waals surface area contributed by atoms with Crippen LogP contribution < -0.4 is 5.32 Å². The molecule has 5 heteroatoms. The fourth-order valence-electron chi connectivity index (χ4n) is 7.12. The van der Waals surface area contributed by atoms with Crippen molar-refractivity contribution in [3.63, 3.8) is 0 Å². The number of amides is 1. The van der Waals surface area contributed by atoms with Gasteiger partial charge in [0.2, 0.25) is 5.78 Å². The van der Waals surface area contributed by atoms with Gasteiger partial charge >= 0.3 is 0 Å². The Morgan fingerprint density at radius 2 is 1.76 bits per heavy atom. The molecule has 6 atom stereocenters. The predicted octanol–water partition coefficient (Wildman–Crippen LogP) is 2.98. The van der Waals surface area contributed by atoms with Gasteiger partial charge in [0.15, 0.2) is 0 Å². The zero-order valence-corrected chi connectivity index (χ0v) is 16.2. The molecule has 1 spiro atoms. The Hall–Kier alpha value is -2.53. The highest BCUT2D eigenvalue weighted by Gasteiger charge is 2.76. The second-order valence-electron chi connectivity index (χ2n) is 9.58. The molecule has 0 aliphatic heterocycles. The van der Waals surface area contributed by atoms with Gasteiger partial charge in [0.25, 0.3) is 5.91 Å². The first kappa shape index (κ1) is 17.3. The third-order valence-corrected chi connectivity index (χ3v) is 8.34. The summed E-state index contributed by atoms with van der Waals surface area (Å²) in [6.07, 6.45) is 6.52. The summed E-state index contributed by atoms with van der Waals surface area (Å²) in [5, 5.41) is 14.2. The molecule has 2 N–H and O–H groups in total. The molecule has 1 heterocycles. The van der Waals surface area contributed by atoms with Crippen LogP contribution in [0, 0.1) is 23.2 Å². The number of rotatable bonds is 4. The monoisotopic (exact) mass is 388 g/mol. The molecule has 5 nitrogen and oxygen atoms in total. The molecule has 4 aliphatic rings. The van der Waals surface area contributed by atoms with Crippen LogP contribution in [0.2, 0.25) is 0 Å². The van der Waals surface area contributed by atoms with Crippen molar-refractivity contribution in [1.29, 1.82) is 0 Å². The molecule has 29 heavy (non-hydrogen) atoms. The largest absolute Gasteiger partial charge is 0.389 e. The number of pyridine rings is 1. The van der Waals surface area contributed by atoms with Crippen molar-refractivity contribution in [2.45, 2.75) is 43.7 Å². The van der Waals surface area contributed by atoms with Crippen molar-refractivity contribution in [2.24, 2.45) is 23.2 Å². The van der Waals surface area contributed by atoms with E-state index in [1.807, 2.05) is 18.2 Å². The first-order valence-electron chi connectivity index (χ1n) is 10.6. The number of nitrogens with zero attached hydrogens (tertiary/aromatic N) is 1. The Kier molecular flexibility index (Phi) is 3.44. The molecule has 4 aliphatic carbocycles. The van der Waals surface area contributed by atoms with Gasteiger partial charge in [-0.15, -0.1) is 0 Å². The number of aliphatic hydroxyl groups is 1. The van der Waals surface area contributed by atoms with Crippen molar-refractivity contribution in [3.05, 3.63) is 65.5 Å². The summed E-state index contributed by atoms with van der Waals surface area (Å²) in [5.74, 6) is 1.22. The molecule has 1 aromatic carbocycles. The Balaban J connectivity index is 1.18. The van der Waals surface area contributed by atoms with Gasteiger partial charge in [0, 0.05) is 23.2 Å². The van der Waals surface area contributed by atoms with Crippen molar-refractivity contribution in [1.82, 2.24) is 10.3 Å². The maximum Gasteiger partial charge on any atom is 0.253 e. The van der Waals surface area contributed by atoms with Gasteiger partial charge in [-0.25, -0.2) is 0 Å². The van der Waals surface area contributed by atoms with Crippen molar-refractivity contribution < 1.29 is 14.7 Å². The number of benzene rings is 1. The van der Waals surface area contributed by atoms with E-state index in [0.29, 0.717) is 34.6 Å². The van der Waals surface area contributed by atoms with Gasteiger partial charge in [-0.3, -0.25) is 14.6 Å². The third kappa shape index (κ3) is 2.28. The standard InChI is InChI=1S/C24H24N2O3/c27-21(14-4-2-1-3-5-14)19-7-6-15(13-25-19)22(28)26-20-16-8-18-12-24(29)11-17(20)10-23(18,24)9-16/h1-7,13,16-18,20,29H,8-12H2,(H,26,28)/t16?,17?,18?,20-,23?,24-/m0/s1. The fourth-order valence-corrected chi connectivity index (χ4v) is 7.12. The topological polar surface area (TPSA) is 79.3 Å². The van der Waals surface area contributed by atoms with Crippen LogP contribution in [0.5, 0.6) is 0 Å². The van der Waals surface area contributed by atoms with Crippen LogP contribution in [-0.4, -0.2) is 33.4 Å². The maximum absolute atomic E-state index is 12.9. The Morgan fingerprint density at radius 1 is 0.966 bits per heavy atom. The summed E-state index contributed by atoms with van der Waals surface area (Å²) < 4.78 is 0. The van der Waals surface area contributed by atoms with E-state index in [2.05, 4.69) is 10.3 Å². The number of nitrogens with one attached hydrogen (secondary N) is 1. The van der Waals surface area contributed by atoms with E-state index in [1.165, 1.54) is 6.20 Å². The highest BCUT2D eigenvalue weighted by Crippen LogP contribution is 2.77. The quantitative estimate of drug-likeness (QED) is 0.790. The summed E-state index contributed by atoms with van der Waals surface area (Å²) in [7, 11) is 0. The molecular formula is C24H24N2O3. The smallest absolute Gasteiger partial charge is 0.253 e. The van der Waals surface area contributed by atoms with Crippen LogP contribution >= 0.6 is 0 Å². The molecule has 4 unspecified atom stereocenters. The van der Waals surface area contributed by atoms with Crippen LogP contribution in [0.4, 0.5) is 0 Å². The Bertz CT molecular complexity index is 1000. The highest BCUT2D eigenvalue weighted by atomic mass is 16.3. The molecule has 3 bridgehead atoms. The predicted molar refractivity (Wildman–Crippen MR) is 106 cm³/mol. The van der Waals surface area contributed by atoms with E-state index < -0.39 is 5.60 Å². The Labute approximate surface area is 169 Å². The van der Waals surface area contributed by atoms with Crippen molar-refractivity contribution >= 4 is 11.7 Å². The lowest BCUT2D eigenvalue weighted by Crippen LogP contribution is -2.57. The van der Waals surface area contributed by atoms with Gasteiger partial charge < -0.3 is 10.4 Å². The zero-order chi connectivity index (χ0) is 19.8. The lowest BCUT2D eigenvalue weighted by Gasteiger charge is -2.55. The second kappa shape index (κ2) is 5.76. The Morgan fingerprint density at radius 3 is 2.52 bits per heavy atom. The molecule has 1 amide bonds. The van der Waals surface area contributed by atoms with E-state index in [1.54, 1.807) is 24.3 Å². The zero-order valence-electron chi connectivity index (χ0n) is 16.2. The van der Waals surface area contributed by atoms with Gasteiger partial charge in [-0.05, 0) is 62.0 Å². The van der Waals surface area contributed by atoms with Crippen LogP contribution in [0.15, 0.2) is 48.7 Å². The SMILES string of the molecule is O=C(N[C@H]1C2CC3C[C@@]4(O)CC1CC34C2)c1ccc(C(=O)c2ccccc2)nc1. The molecule has 4 fully saturated rings. The van der Waals surface area contributed by atoms with Gasteiger partial charge in [0.1, 0.15) is 5.69 Å². The minimum absolute atomic E-state index is 0.131. The first-order valence-corrected chi connectivity index (χ1v) is 10.6. The van der Waals surface area contributed by atoms with E-state index >= 15 is 0 Å². The van der Waals surface area contributed by atoms with E-state index in [-0.39, 0.29) is 23.1 Å². The molecule has 0 radical (unpaired) electrons. The molecule has 2 aromatic rings. The minimum atomic E-state index is -0.475. The minimum Gasteiger partial charge on any atom is -0.389 e. The van der Waals surface area contributed by atoms with E-state index in [9.17, 15) is 14.7 Å². The summed E-state index contributed by atoms with van der Waals surface area (Å²) in [4.78, 5) is 29.6. The number of hydrogen-bond donors (Lipinski definition) is 2. The van der Waals surface area contributed by atoms with Gasteiger partial charge in [0.05, 0.1) is 11.2 Å². The fraction of sp³-hybridized carbons (Fsp3) is 0.458. The number of ketones is 1. The summed E-state index contributed by atoms with van der Waals surface area (Å²) >= 11 is 0. The van der Waals surface area contributed by atoms with Gasteiger partial charge in [-0.2, -0.15) is 0 Å². The lowest BCUT2D eigenvalue weighted by molar-refractivity contribution is -0.176. The number of fused-ring (bicyclic) bond motifs is 2. The average Bonchev–Trinajstić information content (AvgIpc) is 3.11. The highest BCUT2D eigenvalue weighted by molar-refractivity contribution is 6.08. The molecule has 6 rings (SSSR count). The normalized spacial score (nSPS) is 38.4. The molecule has 0 saturated heterocycles. The first-order chi connectivity index (χ1) is 14.0. The molecule has 1 aromatic heterocycles. The molecule has 4 saturated carbocycles. The molecular weight excluding hydrogens is 364 g/mol. The van der Waals surface area contributed by atoms with Crippen LogP contribution in [0.1, 0.15) is 58.5 Å². The third-order valence-electron chi connectivity index (χ3n) is 8.34. The van der Waals surface area contributed by atoms with Crippen LogP contribution in [0.25, 0.3) is 0 Å². The van der Waals surface area contributed by atoms with E-state index in [4.69, 9.17) is 0 Å². The number of hydrogen-bond acceptors (Lipinski definition) is 4. The van der Waals surface area contributed by atoms with Crippen LogP contribution in [0.3, 0.4) is 0 Å². The summed E-state index contributed by atoms with van der Waals surface area (Å²) in [6, 6.07) is 12.5. The number of aromatic nitrogens is 1. The number of carbonyl (C=O) groups is 2. The van der Waals surface area contributed by atoms with E-state index in [0.717, 1.165) is 32.1 Å². The second-order valence-corrected chi connectivity index (χ2v) is 9.58. The molecule has 148 valence electrons. The number of carbonyl (C=O) groups excluding carboxylic acids is 2. The van der Waals surface area contributed by atoms with Crippen molar-refractivity contribution in [3.8, 4) is 0 Å². The maximum atomic E-state index is 12.9. The van der Waals surface area contributed by atoms with Gasteiger partial charge in [-0.1, -0.05) is 30.3 Å². The van der Waals surface area contributed by atoms with Crippen LogP contribution in [-0.2, 0) is 0 Å². The average molecular weight is 388 g/mol. The summed E-state index contributed by atoms with van der Waals surface area (Å²) in [5.41, 5.74) is 1.08.